The molecule has 4 heteroatoms. The van der Waals surface area contributed by atoms with Gasteiger partial charge in [-0.3, -0.25) is 0 Å². The summed E-state index contributed by atoms with van der Waals surface area (Å²) in [5.74, 6) is -0.341. The highest BCUT2D eigenvalue weighted by Crippen LogP contribution is 2.37. The number of aliphatic hydroxyl groups excluding tert-OH is 1. The summed E-state index contributed by atoms with van der Waals surface area (Å²) in [5, 5.41) is 13.7. The molecule has 0 bridgehead atoms. The first-order chi connectivity index (χ1) is 10.1. The van der Waals surface area contributed by atoms with Gasteiger partial charge in [0.05, 0.1) is 12.1 Å². The highest BCUT2D eigenvalue weighted by molar-refractivity contribution is 6.31. The Kier molecular flexibility index (Phi) is 3.98. The van der Waals surface area contributed by atoms with Crippen molar-refractivity contribution in [3.05, 3.63) is 70.0 Å². The van der Waals surface area contributed by atoms with Crippen LogP contribution < -0.4 is 5.32 Å². The summed E-state index contributed by atoms with van der Waals surface area (Å²) < 4.78 is 13.1. The number of nitrogens with one attached hydrogen (secondary N) is 1. The number of rotatable bonds is 4. The molecule has 0 spiro atoms. The van der Waals surface area contributed by atoms with Crippen molar-refractivity contribution in [1.82, 2.24) is 5.32 Å². The first-order valence-corrected chi connectivity index (χ1v) is 7.41. The van der Waals surface area contributed by atoms with Gasteiger partial charge in [-0.1, -0.05) is 41.9 Å². The van der Waals surface area contributed by atoms with Crippen LogP contribution in [0.25, 0.3) is 0 Å². The second kappa shape index (κ2) is 5.76. The zero-order chi connectivity index (χ0) is 14.9. The maximum atomic E-state index is 13.1. The molecule has 2 nitrogen and oxygen atoms in total. The molecule has 1 unspecified atom stereocenters. The Morgan fingerprint density at radius 2 is 2.05 bits per heavy atom. The highest BCUT2D eigenvalue weighted by Gasteiger charge is 2.37. The van der Waals surface area contributed by atoms with Crippen LogP contribution in [0.15, 0.2) is 42.5 Å². The summed E-state index contributed by atoms with van der Waals surface area (Å²) in [5.41, 5.74) is 2.80. The van der Waals surface area contributed by atoms with Crippen molar-refractivity contribution < 1.29 is 9.50 Å². The van der Waals surface area contributed by atoms with Crippen molar-refractivity contribution >= 4 is 11.6 Å². The van der Waals surface area contributed by atoms with E-state index < -0.39 is 5.54 Å². The predicted molar refractivity (Wildman–Crippen MR) is 81.8 cm³/mol. The van der Waals surface area contributed by atoms with Gasteiger partial charge in [0.15, 0.2) is 0 Å². The molecule has 2 aromatic rings. The molecule has 0 radical (unpaired) electrons. The lowest BCUT2D eigenvalue weighted by atomic mass is 9.92. The summed E-state index contributed by atoms with van der Waals surface area (Å²) in [7, 11) is 0. The molecule has 0 saturated heterocycles. The van der Waals surface area contributed by atoms with E-state index in [0.29, 0.717) is 11.6 Å². The van der Waals surface area contributed by atoms with E-state index >= 15 is 0 Å². The molecule has 1 aliphatic rings. The van der Waals surface area contributed by atoms with Crippen LogP contribution in [-0.4, -0.2) is 11.7 Å². The highest BCUT2D eigenvalue weighted by atomic mass is 35.5. The van der Waals surface area contributed by atoms with Gasteiger partial charge in [-0.15, -0.1) is 0 Å². The largest absolute Gasteiger partial charge is 0.394 e. The predicted octanol–water partition coefficient (Wildman–Crippen LogP) is 3.40. The monoisotopic (exact) mass is 305 g/mol. The summed E-state index contributed by atoms with van der Waals surface area (Å²) in [4.78, 5) is 0. The smallest absolute Gasteiger partial charge is 0.124 e. The first kappa shape index (κ1) is 14.5. The minimum atomic E-state index is -0.436. The molecular formula is C17H17ClFNO. The summed E-state index contributed by atoms with van der Waals surface area (Å²) >= 11 is 6.06. The summed E-state index contributed by atoms with van der Waals surface area (Å²) in [6.45, 7) is 0.525. The van der Waals surface area contributed by atoms with Gasteiger partial charge >= 0.3 is 0 Å². The van der Waals surface area contributed by atoms with Crippen LogP contribution in [0, 0.1) is 5.82 Å². The van der Waals surface area contributed by atoms with E-state index in [1.165, 1.54) is 17.7 Å². The van der Waals surface area contributed by atoms with Crippen LogP contribution in [0.3, 0.4) is 0 Å². The molecule has 1 aliphatic carbocycles. The van der Waals surface area contributed by atoms with Gasteiger partial charge < -0.3 is 10.4 Å². The Morgan fingerprint density at radius 3 is 2.81 bits per heavy atom. The van der Waals surface area contributed by atoms with E-state index in [4.69, 9.17) is 11.6 Å². The maximum Gasteiger partial charge on any atom is 0.124 e. The zero-order valence-corrected chi connectivity index (χ0v) is 12.3. The second-order valence-corrected chi connectivity index (χ2v) is 5.89. The van der Waals surface area contributed by atoms with Crippen molar-refractivity contribution in [2.45, 2.75) is 24.9 Å². The molecule has 3 rings (SSSR count). The topological polar surface area (TPSA) is 32.3 Å². The van der Waals surface area contributed by atoms with Gasteiger partial charge in [-0.2, -0.15) is 0 Å². The molecular weight excluding hydrogens is 289 g/mol. The van der Waals surface area contributed by atoms with E-state index in [9.17, 15) is 9.50 Å². The summed E-state index contributed by atoms with van der Waals surface area (Å²) in [6, 6.07) is 12.5. The SMILES string of the molecule is OCC1(NCc2ccc(F)cc2Cl)CCc2ccccc21. The fraction of sp³-hybridized carbons (Fsp3) is 0.294. The molecule has 0 fully saturated rings. The number of fused-ring (bicyclic) bond motifs is 1. The number of benzene rings is 2. The van der Waals surface area contributed by atoms with Gasteiger partial charge in [0, 0.05) is 11.6 Å². The molecule has 0 aliphatic heterocycles. The third-order valence-electron chi connectivity index (χ3n) is 4.26. The summed E-state index contributed by atoms with van der Waals surface area (Å²) in [6.07, 6.45) is 1.79. The minimum absolute atomic E-state index is 0.0306. The lowest BCUT2D eigenvalue weighted by Crippen LogP contribution is -2.43. The fourth-order valence-electron chi connectivity index (χ4n) is 3.02. The minimum Gasteiger partial charge on any atom is -0.394 e. The van der Waals surface area contributed by atoms with E-state index in [2.05, 4.69) is 17.4 Å². The van der Waals surface area contributed by atoms with Crippen LogP contribution >= 0.6 is 11.6 Å². The van der Waals surface area contributed by atoms with E-state index in [1.54, 1.807) is 6.07 Å². The van der Waals surface area contributed by atoms with Crippen molar-refractivity contribution in [2.24, 2.45) is 0 Å². The van der Waals surface area contributed by atoms with Crippen molar-refractivity contribution in [2.75, 3.05) is 6.61 Å². The normalized spacial score (nSPS) is 20.5. The molecule has 2 aromatic carbocycles. The van der Waals surface area contributed by atoms with E-state index in [0.717, 1.165) is 24.0 Å². The Morgan fingerprint density at radius 1 is 1.24 bits per heavy atom. The van der Waals surface area contributed by atoms with Gasteiger partial charge in [0.25, 0.3) is 0 Å². The third-order valence-corrected chi connectivity index (χ3v) is 4.61. The average Bonchev–Trinajstić information content (AvgIpc) is 2.86. The van der Waals surface area contributed by atoms with Crippen LogP contribution in [0.1, 0.15) is 23.1 Å². The molecule has 2 N–H and O–H groups in total. The molecule has 0 saturated carbocycles. The van der Waals surface area contributed by atoms with Gasteiger partial charge in [0.2, 0.25) is 0 Å². The van der Waals surface area contributed by atoms with Gasteiger partial charge in [-0.25, -0.2) is 4.39 Å². The van der Waals surface area contributed by atoms with Gasteiger partial charge in [0.1, 0.15) is 5.82 Å². The Bertz CT molecular complexity index is 661. The Balaban J connectivity index is 1.83. The molecule has 1 atom stereocenters. The van der Waals surface area contributed by atoms with Crippen LogP contribution in [0.2, 0.25) is 5.02 Å². The standard InChI is InChI=1S/C17H17ClFNO/c18-16-9-14(19)6-5-13(16)10-20-17(11-21)8-7-12-3-1-2-4-15(12)17/h1-6,9,20-21H,7-8,10-11H2. The van der Waals surface area contributed by atoms with Crippen LogP contribution in [-0.2, 0) is 18.5 Å². The number of hydrogen-bond donors (Lipinski definition) is 2. The fourth-order valence-corrected chi connectivity index (χ4v) is 3.26. The number of halogens is 2. The molecule has 0 heterocycles. The van der Waals surface area contributed by atoms with Crippen LogP contribution in [0.4, 0.5) is 4.39 Å². The number of aliphatic hydroxyl groups is 1. The second-order valence-electron chi connectivity index (χ2n) is 5.49. The van der Waals surface area contributed by atoms with Crippen molar-refractivity contribution in [1.29, 1.82) is 0 Å². The maximum absolute atomic E-state index is 13.1. The average molecular weight is 306 g/mol. The van der Waals surface area contributed by atoms with Crippen molar-refractivity contribution in [3.63, 3.8) is 0 Å². The molecule has 21 heavy (non-hydrogen) atoms. The first-order valence-electron chi connectivity index (χ1n) is 7.03. The lowest BCUT2D eigenvalue weighted by molar-refractivity contribution is 0.159. The number of hydrogen-bond acceptors (Lipinski definition) is 2. The van der Waals surface area contributed by atoms with E-state index in [-0.39, 0.29) is 12.4 Å². The van der Waals surface area contributed by atoms with Crippen molar-refractivity contribution in [3.8, 4) is 0 Å². The number of aryl methyl sites for hydroxylation is 1. The quantitative estimate of drug-likeness (QED) is 0.907. The molecule has 0 aromatic heterocycles. The molecule has 0 amide bonds. The Labute approximate surface area is 128 Å². The van der Waals surface area contributed by atoms with Gasteiger partial charge in [-0.05, 0) is 41.7 Å². The third kappa shape index (κ3) is 2.69. The zero-order valence-electron chi connectivity index (χ0n) is 11.6. The van der Waals surface area contributed by atoms with E-state index in [1.807, 2.05) is 12.1 Å². The lowest BCUT2D eigenvalue weighted by Gasteiger charge is -2.30. The molecule has 110 valence electrons. The Hall–Kier alpha value is -1.42. The van der Waals surface area contributed by atoms with Crippen LogP contribution in [0.5, 0.6) is 0 Å².